The Morgan fingerprint density at radius 3 is 2.96 bits per heavy atom. The van der Waals surface area contributed by atoms with E-state index in [2.05, 4.69) is 15.5 Å². The minimum atomic E-state index is -0.210. The molecule has 3 aromatic rings. The van der Waals surface area contributed by atoms with Crippen LogP contribution in [0.15, 0.2) is 50.7 Å². The van der Waals surface area contributed by atoms with Crippen LogP contribution in [0.1, 0.15) is 5.56 Å². The maximum Gasteiger partial charge on any atom is 0.284 e. The molecule has 0 aliphatic carbocycles. The minimum absolute atomic E-state index is 0.129. The van der Waals surface area contributed by atoms with Crippen molar-refractivity contribution in [2.45, 2.75) is 12.1 Å². The van der Waals surface area contributed by atoms with Gasteiger partial charge in [-0.1, -0.05) is 29.4 Å². The van der Waals surface area contributed by atoms with Gasteiger partial charge in [0.15, 0.2) is 5.76 Å². The second kappa shape index (κ2) is 6.89. The Morgan fingerprint density at radius 2 is 2.22 bits per heavy atom. The Kier molecular flexibility index (Phi) is 4.68. The fraction of sp³-hybridized carbons (Fsp3) is 0.133. The van der Waals surface area contributed by atoms with Crippen LogP contribution in [0.2, 0.25) is 5.02 Å². The molecule has 0 atom stereocenters. The Hall–Kier alpha value is -2.25. The van der Waals surface area contributed by atoms with E-state index in [9.17, 15) is 4.79 Å². The van der Waals surface area contributed by atoms with Gasteiger partial charge in [0.2, 0.25) is 5.91 Å². The molecule has 2 aromatic heterocycles. The van der Waals surface area contributed by atoms with Crippen molar-refractivity contribution >= 4 is 35.0 Å². The number of hydrogen-bond acceptors (Lipinski definition) is 6. The molecule has 0 unspecified atom stereocenters. The summed E-state index contributed by atoms with van der Waals surface area (Å²) in [6.07, 6.45) is 1.52. The lowest BCUT2D eigenvalue weighted by Crippen LogP contribution is -2.14. The van der Waals surface area contributed by atoms with Gasteiger partial charge in [0.1, 0.15) is 0 Å². The van der Waals surface area contributed by atoms with E-state index in [1.54, 1.807) is 24.3 Å². The third kappa shape index (κ3) is 3.94. The van der Waals surface area contributed by atoms with Crippen LogP contribution in [0, 0.1) is 6.92 Å². The fourth-order valence-electron chi connectivity index (χ4n) is 1.80. The predicted octanol–water partition coefficient (Wildman–Crippen LogP) is 4.02. The lowest BCUT2D eigenvalue weighted by Gasteiger charge is -2.06. The summed E-state index contributed by atoms with van der Waals surface area (Å²) in [4.78, 5) is 12.0. The molecule has 2 heterocycles. The number of nitrogens with one attached hydrogen (secondary N) is 1. The second-order valence-corrected chi connectivity index (χ2v) is 6.00. The molecule has 0 fully saturated rings. The zero-order chi connectivity index (χ0) is 16.2. The highest BCUT2D eigenvalue weighted by Crippen LogP contribution is 2.25. The summed E-state index contributed by atoms with van der Waals surface area (Å²) >= 11 is 7.22. The molecule has 118 valence electrons. The van der Waals surface area contributed by atoms with E-state index >= 15 is 0 Å². The Bertz CT molecular complexity index is 817. The van der Waals surface area contributed by atoms with Gasteiger partial charge >= 0.3 is 0 Å². The first-order valence-electron chi connectivity index (χ1n) is 6.68. The molecule has 3 rings (SSSR count). The summed E-state index contributed by atoms with van der Waals surface area (Å²) in [6.45, 7) is 1.93. The van der Waals surface area contributed by atoms with Gasteiger partial charge in [0.05, 0.1) is 22.7 Å². The van der Waals surface area contributed by atoms with Crippen molar-refractivity contribution in [1.29, 1.82) is 0 Å². The maximum absolute atomic E-state index is 12.0. The molecule has 1 N–H and O–H groups in total. The number of carbonyl (C=O) groups is 1. The Morgan fingerprint density at radius 1 is 1.35 bits per heavy atom. The lowest BCUT2D eigenvalue weighted by atomic mass is 10.2. The van der Waals surface area contributed by atoms with Crippen LogP contribution in [0.25, 0.3) is 11.7 Å². The highest BCUT2D eigenvalue weighted by Gasteiger charge is 2.13. The molecule has 6 nitrogen and oxygen atoms in total. The van der Waals surface area contributed by atoms with E-state index in [1.807, 2.05) is 13.0 Å². The highest BCUT2D eigenvalue weighted by molar-refractivity contribution is 7.99. The molecular formula is C15H12ClN3O3S. The topological polar surface area (TPSA) is 81.2 Å². The summed E-state index contributed by atoms with van der Waals surface area (Å²) in [7, 11) is 0. The van der Waals surface area contributed by atoms with E-state index < -0.39 is 0 Å². The zero-order valence-electron chi connectivity index (χ0n) is 12.1. The first-order valence-corrected chi connectivity index (χ1v) is 8.04. The van der Waals surface area contributed by atoms with E-state index in [4.69, 9.17) is 20.4 Å². The molecular weight excluding hydrogens is 338 g/mol. The predicted molar refractivity (Wildman–Crippen MR) is 87.5 cm³/mol. The number of rotatable bonds is 5. The van der Waals surface area contributed by atoms with E-state index in [0.717, 1.165) is 17.3 Å². The normalized spacial score (nSPS) is 10.7. The third-order valence-corrected chi connectivity index (χ3v) is 4.00. The number of anilines is 1. The number of aromatic nitrogens is 2. The van der Waals surface area contributed by atoms with Crippen LogP contribution >= 0.6 is 23.4 Å². The number of carbonyl (C=O) groups excluding carboxylic acids is 1. The van der Waals surface area contributed by atoms with E-state index in [1.165, 1.54) is 6.26 Å². The summed E-state index contributed by atoms with van der Waals surface area (Å²) < 4.78 is 10.6. The molecule has 0 radical (unpaired) electrons. The van der Waals surface area contributed by atoms with Crippen molar-refractivity contribution in [3.05, 3.63) is 47.2 Å². The molecule has 0 saturated carbocycles. The van der Waals surface area contributed by atoms with Gasteiger partial charge in [-0.05, 0) is 36.8 Å². The van der Waals surface area contributed by atoms with Gasteiger partial charge < -0.3 is 14.2 Å². The number of benzene rings is 1. The van der Waals surface area contributed by atoms with Crippen molar-refractivity contribution in [3.63, 3.8) is 0 Å². The molecule has 0 aliphatic rings. The van der Waals surface area contributed by atoms with Gasteiger partial charge in [0.25, 0.3) is 11.1 Å². The smallest absolute Gasteiger partial charge is 0.284 e. The monoisotopic (exact) mass is 349 g/mol. The van der Waals surface area contributed by atoms with Gasteiger partial charge in [0, 0.05) is 0 Å². The van der Waals surface area contributed by atoms with Crippen molar-refractivity contribution in [3.8, 4) is 11.7 Å². The molecule has 1 amide bonds. The summed E-state index contributed by atoms with van der Waals surface area (Å²) in [5.74, 6) is 0.683. The van der Waals surface area contributed by atoms with Crippen LogP contribution in [0.4, 0.5) is 5.69 Å². The van der Waals surface area contributed by atoms with Crippen molar-refractivity contribution in [2.24, 2.45) is 0 Å². The van der Waals surface area contributed by atoms with Crippen LogP contribution in [0.3, 0.4) is 0 Å². The SMILES string of the molecule is Cc1ccc(NC(=O)CSc2nnc(-c3ccco3)o2)c(Cl)c1. The maximum atomic E-state index is 12.0. The Balaban J connectivity index is 1.57. The molecule has 1 aromatic carbocycles. The second-order valence-electron chi connectivity index (χ2n) is 4.67. The first kappa shape index (κ1) is 15.6. The van der Waals surface area contributed by atoms with Gasteiger partial charge in [-0.15, -0.1) is 10.2 Å². The number of nitrogens with zero attached hydrogens (tertiary/aromatic N) is 2. The van der Waals surface area contributed by atoms with E-state index in [0.29, 0.717) is 21.7 Å². The molecule has 8 heteroatoms. The Labute approximate surface area is 141 Å². The average molecular weight is 350 g/mol. The molecule has 0 saturated heterocycles. The number of amides is 1. The van der Waals surface area contributed by atoms with Crippen molar-refractivity contribution in [1.82, 2.24) is 10.2 Å². The first-order chi connectivity index (χ1) is 11.1. The van der Waals surface area contributed by atoms with Gasteiger partial charge in [-0.25, -0.2) is 0 Å². The van der Waals surface area contributed by atoms with Crippen LogP contribution < -0.4 is 5.32 Å². The summed E-state index contributed by atoms with van der Waals surface area (Å²) in [5, 5.41) is 11.3. The number of thioether (sulfide) groups is 1. The fourth-order valence-corrected chi connectivity index (χ4v) is 2.65. The van der Waals surface area contributed by atoms with Crippen molar-refractivity contribution < 1.29 is 13.6 Å². The van der Waals surface area contributed by atoms with Gasteiger partial charge in [-0.2, -0.15) is 0 Å². The highest BCUT2D eigenvalue weighted by atomic mass is 35.5. The molecule has 0 spiro atoms. The number of aryl methyl sites for hydroxylation is 1. The number of furan rings is 1. The third-order valence-electron chi connectivity index (χ3n) is 2.86. The molecule has 23 heavy (non-hydrogen) atoms. The van der Waals surface area contributed by atoms with Gasteiger partial charge in [-0.3, -0.25) is 4.79 Å². The average Bonchev–Trinajstić information content (AvgIpc) is 3.18. The molecule has 0 aliphatic heterocycles. The number of halogens is 1. The largest absolute Gasteiger partial charge is 0.459 e. The summed E-state index contributed by atoms with van der Waals surface area (Å²) in [5.41, 5.74) is 1.60. The minimum Gasteiger partial charge on any atom is -0.459 e. The zero-order valence-corrected chi connectivity index (χ0v) is 13.6. The quantitative estimate of drug-likeness (QED) is 0.700. The number of hydrogen-bond donors (Lipinski definition) is 1. The lowest BCUT2D eigenvalue weighted by molar-refractivity contribution is -0.113. The molecule has 0 bridgehead atoms. The van der Waals surface area contributed by atoms with Crippen LogP contribution in [-0.4, -0.2) is 21.9 Å². The van der Waals surface area contributed by atoms with E-state index in [-0.39, 0.29) is 17.6 Å². The van der Waals surface area contributed by atoms with Crippen molar-refractivity contribution in [2.75, 3.05) is 11.1 Å². The summed E-state index contributed by atoms with van der Waals surface area (Å²) in [6, 6.07) is 8.88. The van der Waals surface area contributed by atoms with Crippen LogP contribution in [0.5, 0.6) is 0 Å². The van der Waals surface area contributed by atoms with Crippen LogP contribution in [-0.2, 0) is 4.79 Å². The standard InChI is InChI=1S/C15H12ClN3O3S/c1-9-4-5-11(10(16)7-9)17-13(20)8-23-15-19-18-14(22-15)12-3-2-6-21-12/h2-7H,8H2,1H3,(H,17,20).